The monoisotopic (exact) mass is 205 g/mol. The van der Waals surface area contributed by atoms with E-state index in [9.17, 15) is 0 Å². The topological polar surface area (TPSA) is 121 Å². The van der Waals surface area contributed by atoms with Gasteiger partial charge in [-0.3, -0.25) is 0 Å². The molecular formula is H6O6Rh. The molecule has 0 heterocycles. The molecule has 6 nitrogen and oxygen atoms in total. The molecule has 7 heavy (non-hydrogen) atoms. The second-order valence-corrected chi connectivity index (χ2v) is 5.92. The minimum absolute atomic E-state index is 7.40. The summed E-state index contributed by atoms with van der Waals surface area (Å²) in [5.74, 6) is 0. The van der Waals surface area contributed by atoms with Crippen LogP contribution in [0.4, 0.5) is 0 Å². The fourth-order valence-corrected chi connectivity index (χ4v) is 0. The molecule has 0 spiro atoms. The third-order valence-corrected chi connectivity index (χ3v) is 0. The predicted molar refractivity (Wildman–Crippen MR) is 13.3 cm³/mol. The summed E-state index contributed by atoms with van der Waals surface area (Å²) >= 11 is -7.98. The van der Waals surface area contributed by atoms with Crippen LogP contribution in [0.2, 0.25) is 0 Å². The molecule has 0 aromatic carbocycles. The van der Waals surface area contributed by atoms with Crippen LogP contribution in [0.5, 0.6) is 0 Å². The van der Waals surface area contributed by atoms with E-state index in [4.69, 9.17) is 23.6 Å². The fraction of sp³-hybridized carbons (Fsp3) is 0. The van der Waals surface area contributed by atoms with Crippen molar-refractivity contribution in [1.29, 1.82) is 0 Å². The van der Waals surface area contributed by atoms with Gasteiger partial charge in [-0.15, -0.1) is 0 Å². The average Bonchev–Trinajstić information content (AvgIpc) is 0.592. The zero-order valence-corrected chi connectivity index (χ0v) is 4.66. The van der Waals surface area contributed by atoms with Gasteiger partial charge in [0.15, 0.2) is 0 Å². The van der Waals surface area contributed by atoms with E-state index in [-0.39, 0.29) is 0 Å². The Balaban J connectivity index is 4.43. The van der Waals surface area contributed by atoms with Crippen LogP contribution in [0, 0.1) is 0 Å². The van der Waals surface area contributed by atoms with Gasteiger partial charge in [0.25, 0.3) is 0 Å². The van der Waals surface area contributed by atoms with Crippen LogP contribution in [0.25, 0.3) is 0 Å². The van der Waals surface area contributed by atoms with Crippen molar-refractivity contribution >= 4 is 0 Å². The Labute approximate surface area is 39.0 Å². The number of hydrogen-bond donors (Lipinski definition) is 6. The van der Waals surface area contributed by atoms with Crippen molar-refractivity contribution in [3.63, 3.8) is 0 Å². The van der Waals surface area contributed by atoms with Crippen LogP contribution in [0.3, 0.4) is 0 Å². The van der Waals surface area contributed by atoms with Gasteiger partial charge in [0, 0.05) is 0 Å². The first-order chi connectivity index (χ1) is 2.45. The van der Waals surface area contributed by atoms with Crippen molar-refractivity contribution in [3.8, 4) is 0 Å². The molecule has 0 aliphatic heterocycles. The van der Waals surface area contributed by atoms with E-state index in [2.05, 4.69) is 0 Å². The quantitative estimate of drug-likeness (QED) is 0.230. The van der Waals surface area contributed by atoms with E-state index in [0.717, 1.165) is 0 Å². The van der Waals surface area contributed by atoms with E-state index in [1.165, 1.54) is 0 Å². The van der Waals surface area contributed by atoms with Crippen LogP contribution in [0.15, 0.2) is 0 Å². The summed E-state index contributed by atoms with van der Waals surface area (Å²) < 4.78 is 44.4. The molecule has 0 radical (unpaired) electrons. The molecule has 7 heteroatoms. The first kappa shape index (κ1) is 7.38. The van der Waals surface area contributed by atoms with Gasteiger partial charge >= 0.3 is 38.2 Å². The van der Waals surface area contributed by atoms with Gasteiger partial charge < -0.3 is 0 Å². The third kappa shape index (κ3) is 834. The maximum absolute atomic E-state index is 7.98. The molecule has 6 N–H and O–H groups in total. The predicted octanol–water partition coefficient (Wildman–Crippen LogP) is -3.34. The minimum atomic E-state index is -7.98. The van der Waals surface area contributed by atoms with Crippen molar-refractivity contribution in [2.24, 2.45) is 0 Å². The SMILES string of the molecule is [OH][Rh]([OH])([OH])([OH])([OH])[OH]. The Morgan fingerprint density at radius 2 is 0.571 bits per heavy atom. The Morgan fingerprint density at radius 3 is 0.571 bits per heavy atom. The molecule has 0 aliphatic carbocycles. The standard InChI is InChI=1S/6H2O.Rh/h6*1H2;/q;;;;;;+6/p-6. The second-order valence-electron chi connectivity index (χ2n) is 1.000. The van der Waals surface area contributed by atoms with Gasteiger partial charge in [-0.2, -0.15) is 0 Å². The van der Waals surface area contributed by atoms with Crippen LogP contribution < -0.4 is 0 Å². The molecule has 0 rings (SSSR count). The summed E-state index contributed by atoms with van der Waals surface area (Å²) in [6.45, 7) is 0. The number of rotatable bonds is 0. The molecule has 0 bridgehead atoms. The van der Waals surface area contributed by atoms with Gasteiger partial charge in [-0.05, 0) is 0 Å². The summed E-state index contributed by atoms with van der Waals surface area (Å²) in [5.41, 5.74) is 0. The molecule has 0 atom stereocenters. The van der Waals surface area contributed by atoms with E-state index >= 15 is 0 Å². The summed E-state index contributed by atoms with van der Waals surface area (Å²) in [5, 5.41) is 0. The zero-order valence-electron chi connectivity index (χ0n) is 3.02. The first-order valence-electron chi connectivity index (χ1n) is 0.894. The second kappa shape index (κ2) is 0.782. The Hall–Kier alpha value is 0.383. The molecule has 0 saturated heterocycles. The van der Waals surface area contributed by atoms with Crippen molar-refractivity contribution in [3.05, 3.63) is 0 Å². The molecule has 0 fully saturated rings. The molecule has 51 valence electrons. The summed E-state index contributed by atoms with van der Waals surface area (Å²) in [4.78, 5) is 0. The van der Waals surface area contributed by atoms with Crippen molar-refractivity contribution in [2.75, 3.05) is 0 Å². The summed E-state index contributed by atoms with van der Waals surface area (Å²) in [6.07, 6.45) is 0. The first-order valence-corrected chi connectivity index (χ1v) is 5.29. The summed E-state index contributed by atoms with van der Waals surface area (Å²) in [7, 11) is 0. The van der Waals surface area contributed by atoms with Crippen molar-refractivity contribution < 1.29 is 38.2 Å². The van der Waals surface area contributed by atoms with Crippen LogP contribution in [-0.4, -0.2) is 23.6 Å². The van der Waals surface area contributed by atoms with Gasteiger partial charge in [-0.1, -0.05) is 0 Å². The van der Waals surface area contributed by atoms with E-state index in [1.807, 2.05) is 0 Å². The van der Waals surface area contributed by atoms with Gasteiger partial charge in [0.05, 0.1) is 0 Å². The van der Waals surface area contributed by atoms with Gasteiger partial charge in [0.1, 0.15) is 0 Å². The molecule has 0 aliphatic rings. The molecule has 0 saturated carbocycles. The van der Waals surface area contributed by atoms with Crippen LogP contribution >= 0.6 is 0 Å². The maximum atomic E-state index is 7.40. The van der Waals surface area contributed by atoms with Crippen molar-refractivity contribution in [2.45, 2.75) is 0 Å². The number of hydrogen-bond acceptors (Lipinski definition) is 6. The van der Waals surface area contributed by atoms with E-state index < -0.39 is 14.6 Å². The van der Waals surface area contributed by atoms with E-state index in [1.54, 1.807) is 0 Å². The molecule has 0 amide bonds. The Kier molecular flexibility index (Phi) is 0.825. The molecule has 0 unspecified atom stereocenters. The molecular weight excluding hydrogens is 199 g/mol. The van der Waals surface area contributed by atoms with Crippen LogP contribution in [-0.2, 0) is 14.6 Å². The molecule has 0 aromatic heterocycles. The average molecular weight is 205 g/mol. The van der Waals surface area contributed by atoms with Crippen LogP contribution in [0.1, 0.15) is 0 Å². The van der Waals surface area contributed by atoms with Crippen molar-refractivity contribution in [1.82, 2.24) is 0 Å². The van der Waals surface area contributed by atoms with Gasteiger partial charge in [-0.25, -0.2) is 0 Å². The van der Waals surface area contributed by atoms with Gasteiger partial charge in [0.2, 0.25) is 0 Å². The Morgan fingerprint density at radius 1 is 0.571 bits per heavy atom. The van der Waals surface area contributed by atoms with E-state index in [0.29, 0.717) is 0 Å². The zero-order chi connectivity index (χ0) is 6.41. The summed E-state index contributed by atoms with van der Waals surface area (Å²) in [6, 6.07) is 0. The fourth-order valence-electron chi connectivity index (χ4n) is 0. The molecule has 0 aromatic rings. The Bertz CT molecular complexity index is 62.7. The normalized spacial score (nSPS) is 23.1. The third-order valence-electron chi connectivity index (χ3n) is 0.